The number of rotatable bonds is 0. The van der Waals surface area contributed by atoms with Crippen LogP contribution in [0.25, 0.3) is 0 Å². The highest BCUT2D eigenvalue weighted by atomic mass is 15.0. The summed E-state index contributed by atoms with van der Waals surface area (Å²) in [5.74, 6) is 1.08. The van der Waals surface area contributed by atoms with Gasteiger partial charge in [-0.2, -0.15) is 0 Å². The molecule has 0 aliphatic carbocycles. The van der Waals surface area contributed by atoms with E-state index < -0.39 is 0 Å². The number of hydrogen-bond acceptors (Lipinski definition) is 2. The molecule has 0 unspecified atom stereocenters. The van der Waals surface area contributed by atoms with Crippen molar-refractivity contribution in [1.29, 1.82) is 0 Å². The second-order valence-electron chi connectivity index (χ2n) is 4.70. The van der Waals surface area contributed by atoms with Gasteiger partial charge in [-0.05, 0) is 11.6 Å². The van der Waals surface area contributed by atoms with Crippen molar-refractivity contribution < 1.29 is 0 Å². The Morgan fingerprint density at radius 2 is 1.93 bits per heavy atom. The Bertz CT molecular complexity index is 372. The van der Waals surface area contributed by atoms with E-state index in [9.17, 15) is 0 Å². The lowest BCUT2D eigenvalue weighted by molar-refractivity contribution is 0.584. The van der Waals surface area contributed by atoms with Gasteiger partial charge in [-0.3, -0.25) is 4.99 Å². The summed E-state index contributed by atoms with van der Waals surface area (Å²) >= 11 is 0. The van der Waals surface area contributed by atoms with E-state index in [1.54, 1.807) is 0 Å². The summed E-state index contributed by atoms with van der Waals surface area (Å²) in [6.07, 6.45) is 0. The molecule has 1 heterocycles. The molecule has 0 saturated carbocycles. The van der Waals surface area contributed by atoms with Crippen LogP contribution in [-0.2, 0) is 6.54 Å². The summed E-state index contributed by atoms with van der Waals surface area (Å²) < 4.78 is 0. The normalized spacial score (nSPS) is 15.5. The minimum Gasteiger partial charge on any atom is -0.343 e. The second-order valence-corrected chi connectivity index (χ2v) is 4.70. The third-order valence-electron chi connectivity index (χ3n) is 2.39. The van der Waals surface area contributed by atoms with Gasteiger partial charge in [0.05, 0.1) is 6.54 Å². The smallest absolute Gasteiger partial charge is 0.106 e. The first-order valence-corrected chi connectivity index (χ1v) is 4.97. The van der Waals surface area contributed by atoms with Crippen LogP contribution in [0.1, 0.15) is 26.3 Å². The molecule has 1 N–H and O–H groups in total. The molecule has 1 aliphatic heterocycles. The summed E-state index contributed by atoms with van der Waals surface area (Å²) in [5, 5.41) is 3.39. The molecule has 0 atom stereocenters. The van der Waals surface area contributed by atoms with E-state index in [2.05, 4.69) is 55.3 Å². The van der Waals surface area contributed by atoms with Gasteiger partial charge in [0.25, 0.3) is 0 Å². The lowest BCUT2D eigenvalue weighted by Crippen LogP contribution is -2.30. The maximum Gasteiger partial charge on any atom is 0.106 e. The van der Waals surface area contributed by atoms with Gasteiger partial charge in [0.1, 0.15) is 5.84 Å². The minimum atomic E-state index is 0.105. The maximum atomic E-state index is 4.55. The Morgan fingerprint density at radius 3 is 2.64 bits per heavy atom. The summed E-state index contributed by atoms with van der Waals surface area (Å²) in [7, 11) is 0. The topological polar surface area (TPSA) is 24.4 Å². The fourth-order valence-electron chi connectivity index (χ4n) is 1.54. The van der Waals surface area contributed by atoms with Crippen molar-refractivity contribution >= 4 is 11.5 Å². The molecule has 74 valence electrons. The van der Waals surface area contributed by atoms with Gasteiger partial charge in [0.2, 0.25) is 0 Å². The zero-order valence-corrected chi connectivity index (χ0v) is 8.96. The number of fused-ring (bicyclic) bond motifs is 1. The molecule has 1 aromatic carbocycles. The van der Waals surface area contributed by atoms with Crippen LogP contribution < -0.4 is 5.32 Å². The van der Waals surface area contributed by atoms with Crippen molar-refractivity contribution in [3.63, 3.8) is 0 Å². The van der Waals surface area contributed by atoms with E-state index in [4.69, 9.17) is 0 Å². The van der Waals surface area contributed by atoms with Crippen LogP contribution in [0.2, 0.25) is 0 Å². The summed E-state index contributed by atoms with van der Waals surface area (Å²) in [5.41, 5.74) is 2.58. The number of amidine groups is 1. The zero-order chi connectivity index (χ0) is 10.2. The third-order valence-corrected chi connectivity index (χ3v) is 2.39. The Morgan fingerprint density at radius 1 is 1.21 bits per heavy atom. The monoisotopic (exact) mass is 188 g/mol. The van der Waals surface area contributed by atoms with E-state index in [1.807, 2.05) is 0 Å². The van der Waals surface area contributed by atoms with Gasteiger partial charge in [-0.1, -0.05) is 39.0 Å². The second kappa shape index (κ2) is 3.12. The number of nitrogens with one attached hydrogen (secondary N) is 1. The van der Waals surface area contributed by atoms with E-state index in [-0.39, 0.29) is 5.41 Å². The highest BCUT2D eigenvalue weighted by Gasteiger charge is 2.22. The molecule has 0 spiro atoms. The average Bonchev–Trinajstić information content (AvgIpc) is 2.16. The van der Waals surface area contributed by atoms with Crippen molar-refractivity contribution in [3.05, 3.63) is 29.8 Å². The minimum absolute atomic E-state index is 0.105. The summed E-state index contributed by atoms with van der Waals surface area (Å²) in [6, 6.07) is 8.33. The largest absolute Gasteiger partial charge is 0.343 e. The Hall–Kier alpha value is -1.31. The number of hydrogen-bond donors (Lipinski definition) is 1. The predicted molar refractivity (Wildman–Crippen MR) is 60.7 cm³/mol. The predicted octanol–water partition coefficient (Wildman–Crippen LogP) is 3.06. The van der Waals surface area contributed by atoms with Crippen LogP contribution in [0.15, 0.2) is 29.3 Å². The van der Waals surface area contributed by atoms with Crippen molar-refractivity contribution in [2.45, 2.75) is 27.3 Å². The first-order valence-electron chi connectivity index (χ1n) is 4.97. The molecular weight excluding hydrogens is 172 g/mol. The molecule has 14 heavy (non-hydrogen) atoms. The molecule has 1 aromatic rings. The SMILES string of the molecule is CC(C)(C)C1=NCc2ccccc2N1. The summed E-state index contributed by atoms with van der Waals surface area (Å²) in [4.78, 5) is 4.55. The molecule has 2 nitrogen and oxygen atoms in total. The number of anilines is 1. The van der Waals surface area contributed by atoms with E-state index in [0.717, 1.165) is 12.4 Å². The maximum absolute atomic E-state index is 4.55. The van der Waals surface area contributed by atoms with Crippen LogP contribution in [-0.4, -0.2) is 5.84 Å². The van der Waals surface area contributed by atoms with Crippen LogP contribution >= 0.6 is 0 Å². The highest BCUT2D eigenvalue weighted by Crippen LogP contribution is 2.26. The van der Waals surface area contributed by atoms with Crippen LogP contribution in [0.4, 0.5) is 5.69 Å². The van der Waals surface area contributed by atoms with Gasteiger partial charge < -0.3 is 5.32 Å². The Labute approximate surface area is 85.1 Å². The molecule has 0 aromatic heterocycles. The first-order chi connectivity index (χ1) is 6.57. The van der Waals surface area contributed by atoms with Crippen molar-refractivity contribution in [3.8, 4) is 0 Å². The van der Waals surface area contributed by atoms with Gasteiger partial charge in [0, 0.05) is 11.1 Å². The van der Waals surface area contributed by atoms with Gasteiger partial charge in [-0.25, -0.2) is 0 Å². The Kier molecular flexibility index (Phi) is 2.06. The number of nitrogens with zero attached hydrogens (tertiary/aromatic N) is 1. The van der Waals surface area contributed by atoms with Crippen molar-refractivity contribution in [1.82, 2.24) is 0 Å². The van der Waals surface area contributed by atoms with Gasteiger partial charge in [-0.15, -0.1) is 0 Å². The zero-order valence-electron chi connectivity index (χ0n) is 8.96. The highest BCUT2D eigenvalue weighted by molar-refractivity contribution is 6.00. The molecule has 0 fully saturated rings. The molecule has 0 bridgehead atoms. The van der Waals surface area contributed by atoms with Crippen molar-refractivity contribution in [2.24, 2.45) is 10.4 Å². The lowest BCUT2D eigenvalue weighted by atomic mass is 9.93. The van der Waals surface area contributed by atoms with Crippen molar-refractivity contribution in [2.75, 3.05) is 5.32 Å². The Balaban J connectivity index is 2.30. The molecular formula is C12H16N2. The van der Waals surface area contributed by atoms with Crippen LogP contribution in [0, 0.1) is 5.41 Å². The standard InChI is InChI=1S/C12H16N2/c1-12(2,3)11-13-8-9-6-4-5-7-10(9)14-11/h4-7H,8H2,1-3H3,(H,13,14). The van der Waals surface area contributed by atoms with E-state index >= 15 is 0 Å². The van der Waals surface area contributed by atoms with Gasteiger partial charge >= 0.3 is 0 Å². The molecule has 2 rings (SSSR count). The lowest BCUT2D eigenvalue weighted by Gasteiger charge is -2.27. The molecule has 0 radical (unpaired) electrons. The third kappa shape index (κ3) is 1.65. The fraction of sp³-hybridized carbons (Fsp3) is 0.417. The van der Waals surface area contributed by atoms with E-state index in [1.165, 1.54) is 11.3 Å². The molecule has 2 heteroatoms. The number of benzene rings is 1. The van der Waals surface area contributed by atoms with Gasteiger partial charge in [0.15, 0.2) is 0 Å². The molecule has 0 amide bonds. The van der Waals surface area contributed by atoms with Crippen LogP contribution in [0.5, 0.6) is 0 Å². The quantitative estimate of drug-likeness (QED) is 0.665. The molecule has 1 aliphatic rings. The summed E-state index contributed by atoms with van der Waals surface area (Å²) in [6.45, 7) is 7.32. The van der Waals surface area contributed by atoms with E-state index in [0.29, 0.717) is 0 Å². The first kappa shape index (κ1) is 9.25. The molecule has 0 saturated heterocycles. The van der Waals surface area contributed by atoms with Crippen LogP contribution in [0.3, 0.4) is 0 Å². The number of para-hydroxylation sites is 1. The number of aliphatic imine (C=N–C) groups is 1. The average molecular weight is 188 g/mol. The fourth-order valence-corrected chi connectivity index (χ4v) is 1.54.